The Hall–Kier alpha value is -1.14. The second kappa shape index (κ2) is 7.24. The van der Waals surface area contributed by atoms with Crippen LogP contribution in [0.3, 0.4) is 0 Å². The van der Waals surface area contributed by atoms with Crippen LogP contribution in [0.4, 0.5) is 0 Å². The Balaban J connectivity index is 2.11. The number of carbonyl (C=O) groups is 2. The summed E-state index contributed by atoms with van der Waals surface area (Å²) in [6.07, 6.45) is 1.40. The normalized spacial score (nSPS) is 23.6. The third-order valence-electron chi connectivity index (χ3n) is 2.66. The molecule has 0 bridgehead atoms. The fourth-order valence-corrected chi connectivity index (χ4v) is 1.73. The molecule has 1 aliphatic rings. The maximum atomic E-state index is 11.4. The molecule has 1 saturated heterocycles. The Morgan fingerprint density at radius 1 is 1.47 bits per heavy atom. The van der Waals surface area contributed by atoms with Gasteiger partial charge in [-0.25, -0.2) is 4.79 Å². The van der Waals surface area contributed by atoms with Gasteiger partial charge in [-0.1, -0.05) is 0 Å². The second-order valence-electron chi connectivity index (χ2n) is 4.06. The van der Waals surface area contributed by atoms with Crippen LogP contribution in [0.1, 0.15) is 25.7 Å². The summed E-state index contributed by atoms with van der Waals surface area (Å²) in [5, 5.41) is 11.5. The first kappa shape index (κ1) is 13.9. The van der Waals surface area contributed by atoms with Gasteiger partial charge in [-0.05, 0) is 19.3 Å². The Morgan fingerprint density at radius 3 is 2.82 bits per heavy atom. The van der Waals surface area contributed by atoms with Crippen molar-refractivity contribution in [3.63, 3.8) is 0 Å². The zero-order chi connectivity index (χ0) is 12.7. The highest BCUT2D eigenvalue weighted by Gasteiger charge is 2.30. The van der Waals surface area contributed by atoms with Gasteiger partial charge in [0.2, 0.25) is 5.91 Å². The number of ether oxygens (including phenoxy) is 2. The van der Waals surface area contributed by atoms with Crippen LogP contribution in [0.25, 0.3) is 0 Å². The summed E-state index contributed by atoms with van der Waals surface area (Å²) >= 11 is 0. The molecule has 0 saturated carbocycles. The second-order valence-corrected chi connectivity index (χ2v) is 4.06. The Kier molecular flexibility index (Phi) is 5.93. The SMILES string of the molecule is COCCCC(=O)NCC1CCC(C(=O)O)O1. The van der Waals surface area contributed by atoms with Crippen LogP contribution in [0.2, 0.25) is 0 Å². The van der Waals surface area contributed by atoms with Crippen LogP contribution >= 0.6 is 0 Å². The average molecular weight is 245 g/mol. The van der Waals surface area contributed by atoms with Crippen molar-refractivity contribution in [1.82, 2.24) is 5.32 Å². The van der Waals surface area contributed by atoms with Crippen molar-refractivity contribution in [2.75, 3.05) is 20.3 Å². The number of carbonyl (C=O) groups excluding carboxylic acids is 1. The lowest BCUT2D eigenvalue weighted by atomic mass is 10.2. The van der Waals surface area contributed by atoms with Gasteiger partial charge in [-0.15, -0.1) is 0 Å². The zero-order valence-corrected chi connectivity index (χ0v) is 9.98. The molecule has 2 atom stereocenters. The topological polar surface area (TPSA) is 84.9 Å². The number of nitrogens with one attached hydrogen (secondary N) is 1. The largest absolute Gasteiger partial charge is 0.479 e. The number of hydrogen-bond donors (Lipinski definition) is 2. The van der Waals surface area contributed by atoms with Crippen molar-refractivity contribution in [1.29, 1.82) is 0 Å². The first-order chi connectivity index (χ1) is 8.13. The number of carboxylic acids is 1. The third-order valence-corrected chi connectivity index (χ3v) is 2.66. The van der Waals surface area contributed by atoms with Crippen molar-refractivity contribution < 1.29 is 24.2 Å². The Bertz CT molecular complexity index is 269. The summed E-state index contributed by atoms with van der Waals surface area (Å²) in [6, 6.07) is 0. The lowest BCUT2D eigenvalue weighted by Gasteiger charge is -2.12. The molecular weight excluding hydrogens is 226 g/mol. The van der Waals surface area contributed by atoms with Gasteiger partial charge in [0.25, 0.3) is 0 Å². The molecule has 6 nitrogen and oxygen atoms in total. The number of carboxylic acid groups (broad SMARTS) is 1. The van der Waals surface area contributed by atoms with Crippen molar-refractivity contribution in [3.8, 4) is 0 Å². The van der Waals surface area contributed by atoms with Gasteiger partial charge in [0.05, 0.1) is 6.10 Å². The summed E-state index contributed by atoms with van der Waals surface area (Å²) in [5.74, 6) is -0.983. The zero-order valence-electron chi connectivity index (χ0n) is 9.98. The number of methoxy groups -OCH3 is 1. The molecular formula is C11H19NO5. The maximum absolute atomic E-state index is 11.4. The molecule has 0 aromatic rings. The van der Waals surface area contributed by atoms with Crippen LogP contribution in [0.15, 0.2) is 0 Å². The molecule has 1 rings (SSSR count). The number of aliphatic carboxylic acids is 1. The quantitative estimate of drug-likeness (QED) is 0.624. The monoisotopic (exact) mass is 245 g/mol. The molecule has 0 aliphatic carbocycles. The van der Waals surface area contributed by atoms with Crippen LogP contribution in [-0.2, 0) is 19.1 Å². The average Bonchev–Trinajstić information content (AvgIpc) is 2.75. The molecule has 0 aromatic carbocycles. The van der Waals surface area contributed by atoms with Crippen molar-refractivity contribution in [2.45, 2.75) is 37.9 Å². The highest BCUT2D eigenvalue weighted by molar-refractivity contribution is 5.76. The minimum Gasteiger partial charge on any atom is -0.479 e. The summed E-state index contributed by atoms with van der Waals surface area (Å²) in [6.45, 7) is 0.948. The molecule has 17 heavy (non-hydrogen) atoms. The fourth-order valence-electron chi connectivity index (χ4n) is 1.73. The van der Waals surface area contributed by atoms with E-state index < -0.39 is 12.1 Å². The van der Waals surface area contributed by atoms with E-state index in [1.165, 1.54) is 0 Å². The highest BCUT2D eigenvalue weighted by atomic mass is 16.5. The van der Waals surface area contributed by atoms with Gasteiger partial charge >= 0.3 is 5.97 Å². The van der Waals surface area contributed by atoms with Gasteiger partial charge in [0.1, 0.15) is 0 Å². The number of hydrogen-bond acceptors (Lipinski definition) is 4. The lowest BCUT2D eigenvalue weighted by Crippen LogP contribution is -2.33. The molecule has 0 aromatic heterocycles. The van der Waals surface area contributed by atoms with Gasteiger partial charge in [-0.3, -0.25) is 4.79 Å². The first-order valence-electron chi connectivity index (χ1n) is 5.77. The predicted molar refractivity (Wildman–Crippen MR) is 59.7 cm³/mol. The third kappa shape index (κ3) is 5.14. The van der Waals surface area contributed by atoms with E-state index in [2.05, 4.69) is 5.32 Å². The molecule has 2 unspecified atom stereocenters. The molecule has 6 heteroatoms. The van der Waals surface area contributed by atoms with E-state index in [4.69, 9.17) is 14.6 Å². The highest BCUT2D eigenvalue weighted by Crippen LogP contribution is 2.19. The van der Waals surface area contributed by atoms with Crippen molar-refractivity contribution in [2.24, 2.45) is 0 Å². The van der Waals surface area contributed by atoms with E-state index in [0.717, 1.165) is 0 Å². The number of rotatable bonds is 7. The Morgan fingerprint density at radius 2 is 2.24 bits per heavy atom. The number of amides is 1. The Labute approximate surface area is 100 Å². The molecule has 1 heterocycles. The molecule has 1 aliphatic heterocycles. The van der Waals surface area contributed by atoms with E-state index in [9.17, 15) is 9.59 Å². The molecule has 0 spiro atoms. The fraction of sp³-hybridized carbons (Fsp3) is 0.818. The maximum Gasteiger partial charge on any atom is 0.332 e. The van der Waals surface area contributed by atoms with E-state index in [-0.39, 0.29) is 12.0 Å². The van der Waals surface area contributed by atoms with Gasteiger partial charge in [-0.2, -0.15) is 0 Å². The molecule has 2 N–H and O–H groups in total. The van der Waals surface area contributed by atoms with E-state index in [0.29, 0.717) is 38.8 Å². The van der Waals surface area contributed by atoms with E-state index >= 15 is 0 Å². The summed E-state index contributed by atoms with van der Waals surface area (Å²) in [5.41, 5.74) is 0. The minimum absolute atomic E-state index is 0.0515. The summed E-state index contributed by atoms with van der Waals surface area (Å²) in [4.78, 5) is 22.0. The summed E-state index contributed by atoms with van der Waals surface area (Å²) in [7, 11) is 1.59. The molecule has 98 valence electrons. The lowest BCUT2D eigenvalue weighted by molar-refractivity contribution is -0.149. The summed E-state index contributed by atoms with van der Waals surface area (Å²) < 4.78 is 10.1. The van der Waals surface area contributed by atoms with Gasteiger partial charge in [0, 0.05) is 26.7 Å². The van der Waals surface area contributed by atoms with Crippen LogP contribution in [0.5, 0.6) is 0 Å². The molecule has 1 fully saturated rings. The molecule has 0 radical (unpaired) electrons. The molecule has 1 amide bonds. The van der Waals surface area contributed by atoms with Gasteiger partial charge < -0.3 is 19.9 Å². The van der Waals surface area contributed by atoms with Crippen molar-refractivity contribution in [3.05, 3.63) is 0 Å². The van der Waals surface area contributed by atoms with E-state index in [1.807, 2.05) is 0 Å². The minimum atomic E-state index is -0.932. The standard InChI is InChI=1S/C11H19NO5/c1-16-6-2-3-10(13)12-7-8-4-5-9(17-8)11(14)15/h8-9H,2-7H2,1H3,(H,12,13)(H,14,15). The van der Waals surface area contributed by atoms with E-state index in [1.54, 1.807) is 7.11 Å². The van der Waals surface area contributed by atoms with Crippen molar-refractivity contribution >= 4 is 11.9 Å². The van der Waals surface area contributed by atoms with Gasteiger partial charge in [0.15, 0.2) is 6.10 Å². The van der Waals surface area contributed by atoms with Crippen LogP contribution in [0, 0.1) is 0 Å². The smallest absolute Gasteiger partial charge is 0.332 e. The van der Waals surface area contributed by atoms with Crippen LogP contribution < -0.4 is 5.32 Å². The van der Waals surface area contributed by atoms with Crippen LogP contribution in [-0.4, -0.2) is 49.5 Å². The first-order valence-corrected chi connectivity index (χ1v) is 5.77. The predicted octanol–water partition coefficient (Wildman–Crippen LogP) is 0.161.